The van der Waals surface area contributed by atoms with Gasteiger partial charge in [0.1, 0.15) is 18.0 Å². The van der Waals surface area contributed by atoms with Crippen LogP contribution < -0.4 is 16.0 Å². The quantitative estimate of drug-likeness (QED) is 0.427. The van der Waals surface area contributed by atoms with Crippen LogP contribution in [0.2, 0.25) is 0 Å². The van der Waals surface area contributed by atoms with E-state index in [-0.39, 0.29) is 12.8 Å². The van der Waals surface area contributed by atoms with Gasteiger partial charge >= 0.3 is 5.97 Å². The number of aromatic amines is 1. The smallest absolute Gasteiger partial charge is 0.328 e. The number of hydrogen-bond donors (Lipinski definition) is 4. The lowest BCUT2D eigenvalue weighted by Gasteiger charge is -2.31. The Morgan fingerprint density at radius 2 is 1.94 bits per heavy atom. The molecule has 3 amide bonds. The second-order valence-corrected chi connectivity index (χ2v) is 7.99. The summed E-state index contributed by atoms with van der Waals surface area (Å²) in [6.45, 7) is 1.98. The SMILES string of the molecule is COC(=O)[C@@H]1CCCCNC(=O)CC(=O)N[C@@](C)(Cc2c[nH]c3ccccc23)C(=O)N1. The van der Waals surface area contributed by atoms with Crippen molar-refractivity contribution in [1.82, 2.24) is 20.9 Å². The van der Waals surface area contributed by atoms with Gasteiger partial charge in [0.05, 0.1) is 7.11 Å². The van der Waals surface area contributed by atoms with E-state index in [2.05, 4.69) is 20.9 Å². The topological polar surface area (TPSA) is 129 Å². The maximum atomic E-state index is 13.3. The predicted octanol–water partition coefficient (Wildman–Crippen LogP) is 0.933. The third-order valence-electron chi connectivity index (χ3n) is 5.49. The molecular formula is C22H28N4O5. The van der Waals surface area contributed by atoms with Crippen LogP contribution in [0.4, 0.5) is 0 Å². The van der Waals surface area contributed by atoms with Crippen LogP contribution in [0.3, 0.4) is 0 Å². The largest absolute Gasteiger partial charge is 0.467 e. The second kappa shape index (κ2) is 9.63. The van der Waals surface area contributed by atoms with E-state index in [0.717, 1.165) is 16.5 Å². The van der Waals surface area contributed by atoms with Crippen molar-refractivity contribution < 1.29 is 23.9 Å². The number of fused-ring (bicyclic) bond motifs is 1. The second-order valence-electron chi connectivity index (χ2n) is 7.99. The maximum absolute atomic E-state index is 13.3. The van der Waals surface area contributed by atoms with Gasteiger partial charge in [0.15, 0.2) is 0 Å². The highest BCUT2D eigenvalue weighted by Crippen LogP contribution is 2.23. The summed E-state index contributed by atoms with van der Waals surface area (Å²) in [7, 11) is 1.27. The number of H-pyrrole nitrogens is 1. The van der Waals surface area contributed by atoms with Crippen LogP contribution in [-0.4, -0.2) is 53.9 Å². The molecule has 4 N–H and O–H groups in total. The number of aromatic nitrogens is 1. The highest BCUT2D eigenvalue weighted by Gasteiger charge is 2.38. The van der Waals surface area contributed by atoms with Gasteiger partial charge in [-0.25, -0.2) is 4.79 Å². The Morgan fingerprint density at radius 3 is 2.71 bits per heavy atom. The summed E-state index contributed by atoms with van der Waals surface area (Å²) in [5, 5.41) is 9.08. The minimum atomic E-state index is -1.39. The number of ether oxygens (including phenoxy) is 1. The van der Waals surface area contributed by atoms with Gasteiger partial charge in [0.2, 0.25) is 17.7 Å². The Balaban J connectivity index is 1.93. The van der Waals surface area contributed by atoms with Gasteiger partial charge in [-0.2, -0.15) is 0 Å². The first-order chi connectivity index (χ1) is 14.8. The van der Waals surface area contributed by atoms with Crippen molar-refractivity contribution in [2.24, 2.45) is 0 Å². The van der Waals surface area contributed by atoms with E-state index in [1.165, 1.54) is 7.11 Å². The van der Waals surface area contributed by atoms with Gasteiger partial charge in [-0.1, -0.05) is 18.2 Å². The van der Waals surface area contributed by atoms with Gasteiger partial charge in [-0.05, 0) is 37.8 Å². The molecule has 1 aromatic carbocycles. The van der Waals surface area contributed by atoms with Crippen molar-refractivity contribution in [1.29, 1.82) is 0 Å². The van der Waals surface area contributed by atoms with Crippen LogP contribution >= 0.6 is 0 Å². The van der Waals surface area contributed by atoms with Crippen molar-refractivity contribution in [3.05, 3.63) is 36.0 Å². The third kappa shape index (κ3) is 5.42. The Labute approximate surface area is 180 Å². The highest BCUT2D eigenvalue weighted by molar-refractivity contribution is 6.00. The molecule has 1 fully saturated rings. The molecule has 0 bridgehead atoms. The molecule has 31 heavy (non-hydrogen) atoms. The van der Waals surface area contributed by atoms with Crippen LogP contribution in [0, 0.1) is 0 Å². The Kier molecular flexibility index (Phi) is 6.94. The van der Waals surface area contributed by atoms with Gasteiger partial charge < -0.3 is 25.7 Å². The molecule has 0 unspecified atom stereocenters. The molecule has 1 aliphatic rings. The minimum Gasteiger partial charge on any atom is -0.467 e. The maximum Gasteiger partial charge on any atom is 0.328 e. The third-order valence-corrected chi connectivity index (χ3v) is 5.49. The molecule has 1 saturated heterocycles. The monoisotopic (exact) mass is 428 g/mol. The van der Waals surface area contributed by atoms with Gasteiger partial charge in [-0.3, -0.25) is 14.4 Å². The van der Waals surface area contributed by atoms with E-state index in [9.17, 15) is 19.2 Å². The van der Waals surface area contributed by atoms with E-state index in [0.29, 0.717) is 25.8 Å². The summed E-state index contributed by atoms with van der Waals surface area (Å²) >= 11 is 0. The number of para-hydroxylation sites is 1. The molecule has 1 aromatic heterocycles. The lowest BCUT2D eigenvalue weighted by molar-refractivity contribution is -0.146. The normalized spacial score (nSPS) is 23.5. The molecule has 0 radical (unpaired) electrons. The number of nitrogens with one attached hydrogen (secondary N) is 4. The number of benzene rings is 1. The first kappa shape index (κ1) is 22.3. The van der Waals surface area contributed by atoms with E-state index in [1.807, 2.05) is 24.3 Å². The predicted molar refractivity (Wildman–Crippen MR) is 114 cm³/mol. The zero-order valence-corrected chi connectivity index (χ0v) is 17.7. The first-order valence-corrected chi connectivity index (χ1v) is 10.3. The molecule has 0 saturated carbocycles. The van der Waals surface area contributed by atoms with Crippen molar-refractivity contribution in [3.8, 4) is 0 Å². The summed E-state index contributed by atoms with van der Waals surface area (Å²) in [5.41, 5.74) is 0.351. The van der Waals surface area contributed by atoms with Crippen molar-refractivity contribution in [3.63, 3.8) is 0 Å². The fourth-order valence-corrected chi connectivity index (χ4v) is 3.81. The molecule has 9 heteroatoms. The lowest BCUT2D eigenvalue weighted by Crippen LogP contribution is -2.61. The first-order valence-electron chi connectivity index (χ1n) is 10.3. The standard InChI is InChI=1S/C22H28N4O5/c1-22(12-14-13-24-16-8-4-3-7-15(14)16)21(30)25-17(20(29)31-2)9-5-6-10-23-18(27)11-19(28)26-22/h3-4,7-8,13,17,24H,5-6,9-12H2,1-2H3,(H,23,27)(H,25,30)(H,26,28)/t17-,22-/m0/s1. The number of amides is 3. The van der Waals surface area contributed by atoms with E-state index in [4.69, 9.17) is 4.74 Å². The summed E-state index contributed by atoms with van der Waals surface area (Å²) in [6.07, 6.45) is 3.16. The van der Waals surface area contributed by atoms with E-state index < -0.39 is 35.3 Å². The summed E-state index contributed by atoms with van der Waals surface area (Å²) in [4.78, 5) is 53.3. The van der Waals surface area contributed by atoms with Crippen molar-refractivity contribution >= 4 is 34.6 Å². The van der Waals surface area contributed by atoms with Crippen LogP contribution in [-0.2, 0) is 30.3 Å². The molecule has 0 spiro atoms. The average Bonchev–Trinajstić information content (AvgIpc) is 3.13. The molecule has 166 valence electrons. The fourth-order valence-electron chi connectivity index (χ4n) is 3.81. The molecule has 0 aliphatic carbocycles. The number of carbonyl (C=O) groups excluding carboxylic acids is 4. The fraction of sp³-hybridized carbons (Fsp3) is 0.455. The molecule has 3 rings (SSSR count). The molecule has 9 nitrogen and oxygen atoms in total. The van der Waals surface area contributed by atoms with E-state index in [1.54, 1.807) is 13.1 Å². The number of carbonyl (C=O) groups is 4. The van der Waals surface area contributed by atoms with Gasteiger partial charge in [0.25, 0.3) is 0 Å². The molecule has 2 heterocycles. The van der Waals surface area contributed by atoms with E-state index >= 15 is 0 Å². The van der Waals surface area contributed by atoms with Crippen molar-refractivity contribution in [2.45, 2.75) is 50.6 Å². The number of esters is 1. The average molecular weight is 428 g/mol. The van der Waals surface area contributed by atoms with Crippen LogP contribution in [0.5, 0.6) is 0 Å². The number of methoxy groups -OCH3 is 1. The number of hydrogen-bond acceptors (Lipinski definition) is 5. The lowest BCUT2D eigenvalue weighted by atomic mass is 9.90. The highest BCUT2D eigenvalue weighted by atomic mass is 16.5. The Bertz CT molecular complexity index is 985. The van der Waals surface area contributed by atoms with Gasteiger partial charge in [0, 0.05) is 30.1 Å². The Hall–Kier alpha value is -3.36. The van der Waals surface area contributed by atoms with Crippen LogP contribution in [0.1, 0.15) is 38.2 Å². The molecule has 2 atom stereocenters. The van der Waals surface area contributed by atoms with Gasteiger partial charge in [-0.15, -0.1) is 0 Å². The van der Waals surface area contributed by atoms with Crippen LogP contribution in [0.25, 0.3) is 10.9 Å². The summed E-state index contributed by atoms with van der Waals surface area (Å²) in [5.74, 6) is -2.03. The Morgan fingerprint density at radius 1 is 1.16 bits per heavy atom. The molecule has 1 aliphatic heterocycles. The van der Waals surface area contributed by atoms with Crippen molar-refractivity contribution in [2.75, 3.05) is 13.7 Å². The summed E-state index contributed by atoms with van der Waals surface area (Å²) < 4.78 is 4.84. The van der Waals surface area contributed by atoms with Crippen LogP contribution in [0.15, 0.2) is 30.5 Å². The minimum absolute atomic E-state index is 0.171. The molecule has 2 aromatic rings. The molecular weight excluding hydrogens is 400 g/mol. The summed E-state index contributed by atoms with van der Waals surface area (Å²) in [6, 6.07) is 6.80. The zero-order valence-electron chi connectivity index (χ0n) is 17.7. The number of rotatable bonds is 3. The zero-order chi connectivity index (χ0) is 22.4.